The minimum absolute atomic E-state index is 0.526. The minimum atomic E-state index is 0.526. The Morgan fingerprint density at radius 1 is 1.15 bits per heavy atom. The molecular weight excluding hydrogens is 344 g/mol. The normalized spacial score (nSPS) is 11.0. The number of aromatic nitrogens is 3. The van der Waals surface area contributed by atoms with Gasteiger partial charge in [0.2, 0.25) is 11.1 Å². The lowest BCUT2D eigenvalue weighted by atomic mass is 10.1. The summed E-state index contributed by atoms with van der Waals surface area (Å²) in [7, 11) is 4.03. The first-order valence-electron chi connectivity index (χ1n) is 8.28. The molecule has 0 saturated carbocycles. The lowest BCUT2D eigenvalue weighted by Crippen LogP contribution is -2.08. The molecule has 0 aliphatic heterocycles. The van der Waals surface area contributed by atoms with Crippen molar-refractivity contribution < 1.29 is 0 Å². The van der Waals surface area contributed by atoms with Crippen LogP contribution in [0.5, 0.6) is 0 Å². The molecule has 0 atom stereocenters. The van der Waals surface area contributed by atoms with Gasteiger partial charge in [0, 0.05) is 25.5 Å². The number of hydrazone groups is 1. The Labute approximate surface area is 157 Å². The fourth-order valence-corrected chi connectivity index (χ4v) is 3.18. The molecule has 2 N–H and O–H groups in total. The van der Waals surface area contributed by atoms with E-state index in [0.717, 1.165) is 17.0 Å². The van der Waals surface area contributed by atoms with Gasteiger partial charge in [0.05, 0.1) is 6.21 Å². The molecule has 3 aromatic rings. The van der Waals surface area contributed by atoms with Crippen molar-refractivity contribution in [1.82, 2.24) is 15.2 Å². The molecule has 0 aliphatic carbocycles. The fraction of sp³-hybridized carbons (Fsp3) is 0.211. The summed E-state index contributed by atoms with van der Waals surface area (Å²) in [6, 6.07) is 16.5. The van der Waals surface area contributed by atoms with Gasteiger partial charge in [0.15, 0.2) is 0 Å². The highest BCUT2D eigenvalue weighted by Crippen LogP contribution is 2.21. The van der Waals surface area contributed by atoms with Crippen LogP contribution in [0.15, 0.2) is 58.8 Å². The molecule has 6 nitrogen and oxygen atoms in total. The van der Waals surface area contributed by atoms with E-state index in [1.807, 2.05) is 38.4 Å². The van der Waals surface area contributed by atoms with Crippen molar-refractivity contribution in [2.24, 2.45) is 5.10 Å². The molecule has 1 heterocycles. The van der Waals surface area contributed by atoms with Crippen LogP contribution in [0.1, 0.15) is 16.7 Å². The number of hydrogen-bond donors (Lipinski definition) is 2. The van der Waals surface area contributed by atoms with E-state index in [0.29, 0.717) is 11.1 Å². The number of aryl methyl sites for hydroxylation is 1. The minimum Gasteiger partial charge on any atom is -0.378 e. The predicted molar refractivity (Wildman–Crippen MR) is 109 cm³/mol. The Morgan fingerprint density at radius 2 is 1.92 bits per heavy atom. The van der Waals surface area contributed by atoms with Gasteiger partial charge in [-0.25, -0.2) is 10.5 Å². The first kappa shape index (κ1) is 18.0. The predicted octanol–water partition coefficient (Wildman–Crippen LogP) is 3.92. The van der Waals surface area contributed by atoms with Gasteiger partial charge in [0.1, 0.15) is 0 Å². The standard InChI is InChI=1S/C19H22N6S/c1-14-6-4-5-7-16(14)13-26-19-21-18(23-24-19)22-20-12-15-8-10-17(11-9-15)25(2)3/h4-12H,13H2,1-3H3,(H2,21,22,23,24)/b20-12-. The lowest BCUT2D eigenvalue weighted by molar-refractivity contribution is 0.972. The van der Waals surface area contributed by atoms with Crippen LogP contribution in [0.2, 0.25) is 0 Å². The van der Waals surface area contributed by atoms with E-state index in [2.05, 4.69) is 61.8 Å². The van der Waals surface area contributed by atoms with Gasteiger partial charge in [-0.1, -0.05) is 48.2 Å². The Hall–Kier alpha value is -2.80. The van der Waals surface area contributed by atoms with E-state index in [4.69, 9.17) is 0 Å². The van der Waals surface area contributed by atoms with Crippen LogP contribution < -0.4 is 10.3 Å². The molecule has 2 aromatic carbocycles. The quantitative estimate of drug-likeness (QED) is 0.377. The van der Waals surface area contributed by atoms with E-state index in [1.54, 1.807) is 18.0 Å². The largest absolute Gasteiger partial charge is 0.378 e. The molecule has 0 spiro atoms. The van der Waals surface area contributed by atoms with Crippen LogP contribution in [0, 0.1) is 6.92 Å². The first-order chi connectivity index (χ1) is 12.6. The molecule has 0 unspecified atom stereocenters. The van der Waals surface area contributed by atoms with Crippen LogP contribution >= 0.6 is 11.8 Å². The van der Waals surface area contributed by atoms with Gasteiger partial charge in [-0.15, -0.1) is 5.10 Å². The van der Waals surface area contributed by atoms with Crippen molar-refractivity contribution in [3.63, 3.8) is 0 Å². The zero-order valence-electron chi connectivity index (χ0n) is 15.1. The van der Waals surface area contributed by atoms with E-state index in [9.17, 15) is 0 Å². The van der Waals surface area contributed by atoms with Gasteiger partial charge in [-0.05, 0) is 35.7 Å². The third kappa shape index (κ3) is 4.86. The third-order valence-corrected chi connectivity index (χ3v) is 4.77. The molecule has 3 rings (SSSR count). The number of nitrogens with one attached hydrogen (secondary N) is 2. The molecule has 0 bridgehead atoms. The summed E-state index contributed by atoms with van der Waals surface area (Å²) in [6.07, 6.45) is 1.75. The smallest absolute Gasteiger partial charge is 0.240 e. The molecule has 0 saturated heterocycles. The summed E-state index contributed by atoms with van der Waals surface area (Å²) in [5.41, 5.74) is 7.61. The monoisotopic (exact) mass is 366 g/mol. The average molecular weight is 366 g/mol. The molecule has 0 amide bonds. The number of benzene rings is 2. The Morgan fingerprint density at radius 3 is 2.65 bits per heavy atom. The number of rotatable bonds is 7. The zero-order valence-corrected chi connectivity index (χ0v) is 15.9. The maximum absolute atomic E-state index is 4.39. The van der Waals surface area contributed by atoms with Crippen molar-refractivity contribution in [2.75, 3.05) is 24.4 Å². The first-order valence-corrected chi connectivity index (χ1v) is 9.26. The molecular formula is C19H22N6S. The maximum atomic E-state index is 4.39. The number of nitrogens with zero attached hydrogens (tertiary/aromatic N) is 4. The number of hydrogen-bond acceptors (Lipinski definition) is 6. The van der Waals surface area contributed by atoms with Crippen LogP contribution in [0.4, 0.5) is 11.6 Å². The summed E-state index contributed by atoms with van der Waals surface area (Å²) in [5.74, 6) is 1.37. The third-order valence-electron chi connectivity index (χ3n) is 3.88. The Balaban J connectivity index is 1.52. The second kappa shape index (κ2) is 8.53. The second-order valence-corrected chi connectivity index (χ2v) is 6.98. The van der Waals surface area contributed by atoms with Crippen molar-refractivity contribution in [3.05, 3.63) is 65.2 Å². The van der Waals surface area contributed by atoms with Gasteiger partial charge in [-0.2, -0.15) is 10.1 Å². The summed E-state index contributed by atoms with van der Waals surface area (Å²) < 4.78 is 0. The van der Waals surface area contributed by atoms with Gasteiger partial charge in [0.25, 0.3) is 0 Å². The van der Waals surface area contributed by atoms with Crippen LogP contribution in [0.3, 0.4) is 0 Å². The molecule has 0 aliphatic rings. The van der Waals surface area contributed by atoms with Crippen molar-refractivity contribution in [1.29, 1.82) is 0 Å². The van der Waals surface area contributed by atoms with Gasteiger partial charge in [-0.3, -0.25) is 0 Å². The number of anilines is 2. The summed E-state index contributed by atoms with van der Waals surface area (Å²) in [5, 5.41) is 12.0. The molecule has 134 valence electrons. The van der Waals surface area contributed by atoms with Crippen molar-refractivity contribution >= 4 is 29.6 Å². The summed E-state index contributed by atoms with van der Waals surface area (Å²) in [6.45, 7) is 2.11. The average Bonchev–Trinajstić information content (AvgIpc) is 3.09. The highest BCUT2D eigenvalue weighted by Gasteiger charge is 2.05. The zero-order chi connectivity index (χ0) is 18.4. The van der Waals surface area contributed by atoms with Gasteiger partial charge < -0.3 is 4.90 Å². The maximum Gasteiger partial charge on any atom is 0.240 e. The SMILES string of the molecule is Cc1ccccc1CSc1n[nH]c(N/N=C\c2ccc(N(C)C)cc2)n1. The van der Waals surface area contributed by atoms with Crippen LogP contribution in [-0.4, -0.2) is 35.5 Å². The topological polar surface area (TPSA) is 69.2 Å². The highest BCUT2D eigenvalue weighted by atomic mass is 32.2. The van der Waals surface area contributed by atoms with Crippen molar-refractivity contribution in [2.45, 2.75) is 17.8 Å². The Bertz CT molecular complexity index is 870. The van der Waals surface area contributed by atoms with Crippen LogP contribution in [-0.2, 0) is 5.75 Å². The summed E-state index contributed by atoms with van der Waals surface area (Å²) in [4.78, 5) is 6.45. The number of H-pyrrole nitrogens is 1. The van der Waals surface area contributed by atoms with Crippen molar-refractivity contribution in [3.8, 4) is 0 Å². The van der Waals surface area contributed by atoms with E-state index in [1.165, 1.54) is 11.1 Å². The summed E-state index contributed by atoms with van der Waals surface area (Å²) >= 11 is 1.59. The van der Waals surface area contributed by atoms with Crippen LogP contribution in [0.25, 0.3) is 0 Å². The Kier molecular flexibility index (Phi) is 5.91. The van der Waals surface area contributed by atoms with E-state index in [-0.39, 0.29) is 0 Å². The van der Waals surface area contributed by atoms with Gasteiger partial charge >= 0.3 is 0 Å². The highest BCUT2D eigenvalue weighted by molar-refractivity contribution is 7.98. The second-order valence-electron chi connectivity index (χ2n) is 6.04. The number of thioether (sulfide) groups is 1. The molecule has 7 heteroatoms. The fourth-order valence-electron chi connectivity index (χ4n) is 2.30. The molecule has 26 heavy (non-hydrogen) atoms. The molecule has 0 radical (unpaired) electrons. The molecule has 0 fully saturated rings. The van der Waals surface area contributed by atoms with E-state index < -0.39 is 0 Å². The van der Waals surface area contributed by atoms with E-state index >= 15 is 0 Å². The number of aromatic amines is 1. The molecule has 1 aromatic heterocycles. The lowest BCUT2D eigenvalue weighted by Gasteiger charge is -2.11.